The SMILES string of the molecule is CC(C)NS(=O)(=O)[C@H]1CCN(C[C@@H](O)C2CCCCC2)C1. The van der Waals surface area contributed by atoms with Crippen LogP contribution in [0.2, 0.25) is 0 Å². The summed E-state index contributed by atoms with van der Waals surface area (Å²) < 4.78 is 27.0. The van der Waals surface area contributed by atoms with Gasteiger partial charge in [-0.2, -0.15) is 0 Å². The number of likely N-dealkylation sites (tertiary alicyclic amines) is 1. The topological polar surface area (TPSA) is 69.6 Å². The van der Waals surface area contributed by atoms with E-state index in [4.69, 9.17) is 0 Å². The molecule has 0 bridgehead atoms. The van der Waals surface area contributed by atoms with Crippen LogP contribution in [0.25, 0.3) is 0 Å². The van der Waals surface area contributed by atoms with Crippen LogP contribution >= 0.6 is 0 Å². The minimum Gasteiger partial charge on any atom is -0.392 e. The number of sulfonamides is 1. The Balaban J connectivity index is 1.82. The van der Waals surface area contributed by atoms with Gasteiger partial charge in [-0.05, 0) is 45.6 Å². The largest absolute Gasteiger partial charge is 0.392 e. The molecule has 0 aromatic rings. The summed E-state index contributed by atoms with van der Waals surface area (Å²) in [5.74, 6) is 0.406. The summed E-state index contributed by atoms with van der Waals surface area (Å²) in [5, 5.41) is 10.0. The molecule has 0 spiro atoms. The van der Waals surface area contributed by atoms with Crippen molar-refractivity contribution in [3.05, 3.63) is 0 Å². The van der Waals surface area contributed by atoms with Crippen LogP contribution in [0.4, 0.5) is 0 Å². The minimum absolute atomic E-state index is 0.0584. The van der Waals surface area contributed by atoms with Gasteiger partial charge in [-0.3, -0.25) is 4.90 Å². The van der Waals surface area contributed by atoms with Gasteiger partial charge in [0.05, 0.1) is 11.4 Å². The van der Waals surface area contributed by atoms with Gasteiger partial charge in [-0.15, -0.1) is 0 Å². The Morgan fingerprint density at radius 1 is 1.19 bits per heavy atom. The van der Waals surface area contributed by atoms with E-state index >= 15 is 0 Å². The van der Waals surface area contributed by atoms with Gasteiger partial charge in [-0.1, -0.05) is 19.3 Å². The summed E-state index contributed by atoms with van der Waals surface area (Å²) in [6, 6.07) is -0.0584. The number of nitrogens with zero attached hydrogens (tertiary/aromatic N) is 1. The van der Waals surface area contributed by atoms with E-state index in [1.165, 1.54) is 19.3 Å². The summed E-state index contributed by atoms with van der Waals surface area (Å²) in [7, 11) is -3.23. The fourth-order valence-electron chi connectivity index (χ4n) is 3.57. The molecule has 2 atom stereocenters. The highest BCUT2D eigenvalue weighted by atomic mass is 32.2. The highest BCUT2D eigenvalue weighted by Gasteiger charge is 2.35. The van der Waals surface area contributed by atoms with E-state index in [1.54, 1.807) is 0 Å². The number of hydrogen-bond acceptors (Lipinski definition) is 4. The van der Waals surface area contributed by atoms with Gasteiger partial charge in [0.2, 0.25) is 10.0 Å². The van der Waals surface area contributed by atoms with Crippen molar-refractivity contribution >= 4 is 10.0 Å². The van der Waals surface area contributed by atoms with E-state index < -0.39 is 10.0 Å². The molecule has 0 amide bonds. The first kappa shape index (κ1) is 17.2. The Kier molecular flexibility index (Phi) is 6.05. The highest BCUT2D eigenvalue weighted by molar-refractivity contribution is 7.90. The van der Waals surface area contributed by atoms with E-state index in [0.29, 0.717) is 25.4 Å². The number of aliphatic hydroxyl groups is 1. The number of β-amino-alcohol motifs (C(OH)–C–C–N with tert-alkyl or cyclic N) is 1. The molecule has 2 fully saturated rings. The van der Waals surface area contributed by atoms with E-state index in [2.05, 4.69) is 9.62 Å². The lowest BCUT2D eigenvalue weighted by atomic mass is 9.85. The van der Waals surface area contributed by atoms with Crippen molar-refractivity contribution in [2.75, 3.05) is 19.6 Å². The van der Waals surface area contributed by atoms with Crippen molar-refractivity contribution in [1.82, 2.24) is 9.62 Å². The number of nitrogens with one attached hydrogen (secondary N) is 1. The Labute approximate surface area is 129 Å². The third-order valence-corrected chi connectivity index (χ3v) is 6.77. The van der Waals surface area contributed by atoms with Crippen LogP contribution < -0.4 is 4.72 Å². The molecule has 0 unspecified atom stereocenters. The van der Waals surface area contributed by atoms with Crippen LogP contribution in [0.5, 0.6) is 0 Å². The molecule has 1 heterocycles. The Bertz CT molecular complexity index is 419. The average molecular weight is 318 g/mol. The van der Waals surface area contributed by atoms with Crippen molar-refractivity contribution in [3.63, 3.8) is 0 Å². The van der Waals surface area contributed by atoms with Crippen LogP contribution in [0.3, 0.4) is 0 Å². The fourth-order valence-corrected chi connectivity index (χ4v) is 5.25. The van der Waals surface area contributed by atoms with Gasteiger partial charge in [0.1, 0.15) is 0 Å². The normalized spacial score (nSPS) is 27.3. The van der Waals surface area contributed by atoms with E-state index in [0.717, 1.165) is 19.4 Å². The quantitative estimate of drug-likeness (QED) is 0.775. The summed E-state index contributed by atoms with van der Waals surface area (Å²) in [6.45, 7) is 5.63. The summed E-state index contributed by atoms with van der Waals surface area (Å²) >= 11 is 0. The first-order valence-corrected chi connectivity index (χ1v) is 9.84. The first-order chi connectivity index (χ1) is 9.88. The van der Waals surface area contributed by atoms with Crippen LogP contribution in [0.15, 0.2) is 0 Å². The van der Waals surface area contributed by atoms with Crippen LogP contribution in [-0.2, 0) is 10.0 Å². The van der Waals surface area contributed by atoms with Crippen molar-refractivity contribution in [3.8, 4) is 0 Å². The van der Waals surface area contributed by atoms with Gasteiger partial charge in [0.25, 0.3) is 0 Å². The highest BCUT2D eigenvalue weighted by Crippen LogP contribution is 2.27. The average Bonchev–Trinajstić information content (AvgIpc) is 2.87. The summed E-state index contributed by atoms with van der Waals surface area (Å²) in [6.07, 6.45) is 6.32. The molecule has 0 radical (unpaired) electrons. The van der Waals surface area contributed by atoms with E-state index in [-0.39, 0.29) is 17.4 Å². The zero-order chi connectivity index (χ0) is 15.5. The standard InChI is InChI=1S/C15H30N2O3S/c1-12(2)16-21(19,20)14-8-9-17(10-14)11-15(18)13-6-4-3-5-7-13/h12-16,18H,3-11H2,1-2H3/t14-,15+/m0/s1. The molecule has 1 aliphatic carbocycles. The zero-order valence-corrected chi connectivity index (χ0v) is 14.1. The van der Waals surface area contributed by atoms with Crippen LogP contribution in [-0.4, -0.2) is 55.5 Å². The molecule has 5 nitrogen and oxygen atoms in total. The monoisotopic (exact) mass is 318 g/mol. The molecule has 1 aliphatic heterocycles. The molecule has 1 saturated carbocycles. The second kappa shape index (κ2) is 7.40. The number of rotatable bonds is 6. The Hall–Kier alpha value is -0.170. The second-order valence-corrected chi connectivity index (χ2v) is 8.95. The van der Waals surface area contributed by atoms with Crippen molar-refractivity contribution < 1.29 is 13.5 Å². The summed E-state index contributed by atoms with van der Waals surface area (Å²) in [5.41, 5.74) is 0. The minimum atomic E-state index is -3.23. The van der Waals surface area contributed by atoms with Gasteiger partial charge >= 0.3 is 0 Å². The maximum atomic E-state index is 12.2. The molecule has 2 aliphatic rings. The van der Waals surface area contributed by atoms with E-state index in [1.807, 2.05) is 13.8 Å². The van der Waals surface area contributed by atoms with Crippen molar-refractivity contribution in [2.24, 2.45) is 5.92 Å². The Morgan fingerprint density at radius 2 is 1.86 bits per heavy atom. The number of hydrogen-bond donors (Lipinski definition) is 2. The molecular formula is C15H30N2O3S. The molecule has 0 aromatic heterocycles. The Morgan fingerprint density at radius 3 is 2.48 bits per heavy atom. The van der Waals surface area contributed by atoms with Crippen molar-refractivity contribution in [2.45, 2.75) is 69.8 Å². The second-order valence-electron chi connectivity index (χ2n) is 6.95. The molecular weight excluding hydrogens is 288 g/mol. The molecule has 21 heavy (non-hydrogen) atoms. The van der Waals surface area contributed by atoms with Crippen LogP contribution in [0, 0.1) is 5.92 Å². The maximum absolute atomic E-state index is 12.2. The smallest absolute Gasteiger partial charge is 0.216 e. The predicted octanol–water partition coefficient (Wildman–Crippen LogP) is 1.33. The van der Waals surface area contributed by atoms with Crippen LogP contribution in [0.1, 0.15) is 52.4 Å². The van der Waals surface area contributed by atoms with Gasteiger partial charge < -0.3 is 5.11 Å². The molecule has 2 rings (SSSR count). The third-order valence-electron chi connectivity index (χ3n) is 4.71. The zero-order valence-electron chi connectivity index (χ0n) is 13.3. The lowest BCUT2D eigenvalue weighted by Gasteiger charge is -2.29. The van der Waals surface area contributed by atoms with E-state index in [9.17, 15) is 13.5 Å². The third kappa shape index (κ3) is 4.91. The van der Waals surface area contributed by atoms with Crippen molar-refractivity contribution in [1.29, 1.82) is 0 Å². The molecule has 1 saturated heterocycles. The number of aliphatic hydroxyl groups excluding tert-OH is 1. The van der Waals surface area contributed by atoms with Gasteiger partial charge in [0.15, 0.2) is 0 Å². The van der Waals surface area contributed by atoms with Gasteiger partial charge in [0, 0.05) is 19.1 Å². The predicted molar refractivity (Wildman–Crippen MR) is 84.6 cm³/mol. The molecule has 0 aromatic carbocycles. The first-order valence-electron chi connectivity index (χ1n) is 8.30. The maximum Gasteiger partial charge on any atom is 0.216 e. The fraction of sp³-hybridized carbons (Fsp3) is 1.00. The lowest BCUT2D eigenvalue weighted by molar-refractivity contribution is 0.0545. The van der Waals surface area contributed by atoms with Gasteiger partial charge in [-0.25, -0.2) is 13.1 Å². The molecule has 2 N–H and O–H groups in total. The molecule has 124 valence electrons. The molecule has 6 heteroatoms. The lowest BCUT2D eigenvalue weighted by Crippen LogP contribution is -2.41. The summed E-state index contributed by atoms with van der Waals surface area (Å²) in [4.78, 5) is 2.11.